The maximum atomic E-state index is 5.08. The van der Waals surface area contributed by atoms with E-state index in [1.165, 1.54) is 89.9 Å². The van der Waals surface area contributed by atoms with Crippen molar-refractivity contribution in [3.05, 3.63) is 0 Å². The first-order chi connectivity index (χ1) is 9.92. The van der Waals surface area contributed by atoms with Gasteiger partial charge in [-0.3, -0.25) is 4.99 Å². The highest BCUT2D eigenvalue weighted by Gasteiger charge is 2.25. The average Bonchev–Trinajstić information content (AvgIpc) is 2.68. The first kappa shape index (κ1) is 16.0. The number of hydrogen-bond donors (Lipinski definition) is 0. The first-order valence-electron chi connectivity index (χ1n) is 9.45. The molecule has 2 aliphatic rings. The number of aliphatic imine (C=N–C) groups is 1. The SMILES string of the molecule is CCC1CCCCCCCC1C1=NCCCCCCC1. The monoisotopic (exact) mass is 277 g/mol. The van der Waals surface area contributed by atoms with Crippen LogP contribution in [0.4, 0.5) is 0 Å². The molecule has 2 unspecified atom stereocenters. The van der Waals surface area contributed by atoms with E-state index in [4.69, 9.17) is 4.99 Å². The zero-order chi connectivity index (χ0) is 14.0. The summed E-state index contributed by atoms with van der Waals surface area (Å²) in [6.07, 6.45) is 19.8. The molecule has 1 heterocycles. The summed E-state index contributed by atoms with van der Waals surface area (Å²) in [5.41, 5.74) is 1.63. The molecule has 1 saturated carbocycles. The van der Waals surface area contributed by atoms with Gasteiger partial charge in [0.15, 0.2) is 0 Å². The van der Waals surface area contributed by atoms with Crippen LogP contribution in [0.15, 0.2) is 4.99 Å². The lowest BCUT2D eigenvalue weighted by Gasteiger charge is -2.27. The van der Waals surface area contributed by atoms with Gasteiger partial charge in [-0.05, 0) is 43.9 Å². The average molecular weight is 277 g/mol. The van der Waals surface area contributed by atoms with E-state index in [-0.39, 0.29) is 0 Å². The van der Waals surface area contributed by atoms with Crippen LogP contribution in [0.3, 0.4) is 0 Å². The van der Waals surface area contributed by atoms with Crippen molar-refractivity contribution in [2.45, 2.75) is 96.8 Å². The fourth-order valence-electron chi connectivity index (χ4n) is 4.22. The summed E-state index contributed by atoms with van der Waals surface area (Å²) in [6.45, 7) is 3.52. The summed E-state index contributed by atoms with van der Waals surface area (Å²) in [6, 6.07) is 0. The molecule has 0 radical (unpaired) electrons. The van der Waals surface area contributed by atoms with Gasteiger partial charge >= 0.3 is 0 Å². The Balaban J connectivity index is 2.05. The Hall–Kier alpha value is -0.330. The second kappa shape index (κ2) is 9.58. The number of hydrogen-bond acceptors (Lipinski definition) is 1. The fourth-order valence-corrected chi connectivity index (χ4v) is 4.22. The molecule has 2 rings (SSSR count). The predicted molar refractivity (Wildman–Crippen MR) is 89.6 cm³/mol. The molecule has 0 bridgehead atoms. The van der Waals surface area contributed by atoms with Crippen LogP contribution in [0.5, 0.6) is 0 Å². The Kier molecular flexibility index (Phi) is 7.69. The van der Waals surface area contributed by atoms with Crippen LogP contribution in [-0.2, 0) is 0 Å². The summed E-state index contributed by atoms with van der Waals surface area (Å²) < 4.78 is 0. The van der Waals surface area contributed by atoms with E-state index in [0.717, 1.165) is 18.4 Å². The maximum absolute atomic E-state index is 5.08. The molecule has 0 amide bonds. The Labute approximate surface area is 126 Å². The molecule has 0 aromatic heterocycles. The summed E-state index contributed by atoms with van der Waals surface area (Å²) in [7, 11) is 0. The molecule has 0 saturated heterocycles. The molecule has 0 aromatic rings. The quantitative estimate of drug-likeness (QED) is 0.572. The van der Waals surface area contributed by atoms with Gasteiger partial charge in [0.25, 0.3) is 0 Å². The lowest BCUT2D eigenvalue weighted by Crippen LogP contribution is -2.24. The summed E-state index contributed by atoms with van der Waals surface area (Å²) in [5, 5.41) is 0. The van der Waals surface area contributed by atoms with Gasteiger partial charge in [-0.2, -0.15) is 0 Å². The third-order valence-electron chi connectivity index (χ3n) is 5.52. The Morgan fingerprint density at radius 1 is 0.800 bits per heavy atom. The predicted octanol–water partition coefficient (Wildman–Crippen LogP) is 6.17. The molecule has 2 atom stereocenters. The van der Waals surface area contributed by atoms with Gasteiger partial charge in [-0.25, -0.2) is 0 Å². The van der Waals surface area contributed by atoms with Crippen LogP contribution in [-0.4, -0.2) is 12.3 Å². The van der Waals surface area contributed by atoms with Gasteiger partial charge in [-0.15, -0.1) is 0 Å². The Morgan fingerprint density at radius 3 is 2.25 bits per heavy atom. The second-order valence-corrected chi connectivity index (χ2v) is 7.01. The minimum Gasteiger partial charge on any atom is -0.294 e. The summed E-state index contributed by atoms with van der Waals surface area (Å²) >= 11 is 0. The van der Waals surface area contributed by atoms with Crippen LogP contribution < -0.4 is 0 Å². The van der Waals surface area contributed by atoms with E-state index in [1.807, 2.05) is 0 Å². The first-order valence-corrected chi connectivity index (χ1v) is 9.45. The van der Waals surface area contributed by atoms with E-state index in [1.54, 1.807) is 5.71 Å². The normalized spacial score (nSPS) is 30.9. The Morgan fingerprint density at radius 2 is 1.45 bits per heavy atom. The van der Waals surface area contributed by atoms with Gasteiger partial charge in [0.05, 0.1) is 0 Å². The van der Waals surface area contributed by atoms with E-state index in [2.05, 4.69) is 6.92 Å². The molecule has 1 aliphatic heterocycles. The van der Waals surface area contributed by atoms with E-state index < -0.39 is 0 Å². The van der Waals surface area contributed by atoms with Crippen LogP contribution in [0.25, 0.3) is 0 Å². The van der Waals surface area contributed by atoms with Crippen molar-refractivity contribution < 1.29 is 0 Å². The molecule has 0 aromatic carbocycles. The van der Waals surface area contributed by atoms with Crippen molar-refractivity contribution in [1.29, 1.82) is 0 Å². The molecule has 116 valence electrons. The molecular weight excluding hydrogens is 242 g/mol. The summed E-state index contributed by atoms with van der Waals surface area (Å²) in [4.78, 5) is 5.08. The molecule has 1 fully saturated rings. The minimum atomic E-state index is 0.830. The second-order valence-electron chi connectivity index (χ2n) is 7.01. The third-order valence-corrected chi connectivity index (χ3v) is 5.52. The van der Waals surface area contributed by atoms with E-state index >= 15 is 0 Å². The maximum Gasteiger partial charge on any atom is 0.0388 e. The van der Waals surface area contributed by atoms with Crippen molar-refractivity contribution >= 4 is 5.71 Å². The molecule has 0 N–H and O–H groups in total. The standard InChI is InChI=1S/C19H35N/c1-2-17-13-9-5-3-6-10-14-18(17)19-15-11-7-4-8-12-16-20-19/h17-18H,2-16H2,1H3. The molecular formula is C19H35N. The van der Waals surface area contributed by atoms with Gasteiger partial charge in [-0.1, -0.05) is 64.7 Å². The van der Waals surface area contributed by atoms with Crippen LogP contribution in [0, 0.1) is 11.8 Å². The highest BCUT2D eigenvalue weighted by atomic mass is 14.7. The van der Waals surface area contributed by atoms with E-state index in [0.29, 0.717) is 0 Å². The lowest BCUT2D eigenvalue weighted by molar-refractivity contribution is 0.350. The van der Waals surface area contributed by atoms with E-state index in [9.17, 15) is 0 Å². The minimum absolute atomic E-state index is 0.830. The van der Waals surface area contributed by atoms with Gasteiger partial charge in [0, 0.05) is 12.3 Å². The topological polar surface area (TPSA) is 12.4 Å². The molecule has 1 nitrogen and oxygen atoms in total. The van der Waals surface area contributed by atoms with Gasteiger partial charge in [0.2, 0.25) is 0 Å². The van der Waals surface area contributed by atoms with Crippen LogP contribution >= 0.6 is 0 Å². The van der Waals surface area contributed by atoms with Crippen LogP contribution in [0.2, 0.25) is 0 Å². The number of nitrogens with zero attached hydrogens (tertiary/aromatic N) is 1. The van der Waals surface area contributed by atoms with Gasteiger partial charge in [0.1, 0.15) is 0 Å². The zero-order valence-electron chi connectivity index (χ0n) is 13.7. The fraction of sp³-hybridized carbons (Fsp3) is 0.947. The zero-order valence-corrected chi connectivity index (χ0v) is 13.7. The molecule has 1 aliphatic carbocycles. The van der Waals surface area contributed by atoms with Crippen molar-refractivity contribution in [2.24, 2.45) is 16.8 Å². The Bertz CT molecular complexity index is 281. The highest BCUT2D eigenvalue weighted by Crippen LogP contribution is 2.32. The smallest absolute Gasteiger partial charge is 0.0388 e. The van der Waals surface area contributed by atoms with Crippen molar-refractivity contribution in [2.75, 3.05) is 6.54 Å². The molecule has 1 heteroatoms. The lowest BCUT2D eigenvalue weighted by atomic mass is 9.79. The summed E-state index contributed by atoms with van der Waals surface area (Å²) in [5.74, 6) is 1.75. The largest absolute Gasteiger partial charge is 0.294 e. The molecule has 0 spiro atoms. The van der Waals surface area contributed by atoms with Crippen LogP contribution in [0.1, 0.15) is 96.8 Å². The third kappa shape index (κ3) is 5.22. The number of rotatable bonds is 2. The molecule has 20 heavy (non-hydrogen) atoms. The van der Waals surface area contributed by atoms with Crippen molar-refractivity contribution in [3.8, 4) is 0 Å². The highest BCUT2D eigenvalue weighted by molar-refractivity contribution is 5.87. The van der Waals surface area contributed by atoms with Crippen molar-refractivity contribution in [3.63, 3.8) is 0 Å². The van der Waals surface area contributed by atoms with Gasteiger partial charge < -0.3 is 0 Å². The van der Waals surface area contributed by atoms with Crippen molar-refractivity contribution in [1.82, 2.24) is 0 Å².